The summed E-state index contributed by atoms with van der Waals surface area (Å²) in [5, 5.41) is -0.0965. The fourth-order valence-corrected chi connectivity index (χ4v) is 4.49. The van der Waals surface area contributed by atoms with Crippen LogP contribution < -0.4 is 0 Å². The Morgan fingerprint density at radius 1 is 1.08 bits per heavy atom. The van der Waals surface area contributed by atoms with E-state index < -0.39 is 5.12 Å². The third-order valence-corrected chi connectivity index (χ3v) is 6.52. The Morgan fingerprint density at radius 3 is 2.21 bits per heavy atom. The number of thioether (sulfide) groups is 1. The Morgan fingerprint density at radius 2 is 1.71 bits per heavy atom. The van der Waals surface area contributed by atoms with Crippen LogP contribution in [0, 0.1) is 11.3 Å². The average molecular weight is 371 g/mol. The lowest BCUT2D eigenvalue weighted by Crippen LogP contribution is -2.51. The number of ether oxygens (including phenoxy) is 1. The standard InChI is InChI=1S/C19H27ClO3S/c1-17(2,3)14-9-11-19(12-10-14)13-21-18(4,22-23-19)24-16-7-5-15(20)6-8-16/h5-8,14H,9-13H2,1-4H3. The van der Waals surface area contributed by atoms with Gasteiger partial charge in [-0.3, -0.25) is 0 Å². The van der Waals surface area contributed by atoms with Crippen LogP contribution in [-0.2, 0) is 14.5 Å². The Labute approximate surface area is 154 Å². The van der Waals surface area contributed by atoms with E-state index in [-0.39, 0.29) is 5.60 Å². The molecule has 24 heavy (non-hydrogen) atoms. The molecule has 0 bridgehead atoms. The van der Waals surface area contributed by atoms with Crippen LogP contribution in [0.3, 0.4) is 0 Å². The van der Waals surface area contributed by atoms with Crippen molar-refractivity contribution in [3.8, 4) is 0 Å². The molecule has 2 fully saturated rings. The molecule has 5 heteroatoms. The van der Waals surface area contributed by atoms with Crippen molar-refractivity contribution < 1.29 is 14.5 Å². The number of hydrogen-bond donors (Lipinski definition) is 0. The zero-order valence-electron chi connectivity index (χ0n) is 14.9. The topological polar surface area (TPSA) is 27.7 Å². The molecule has 1 heterocycles. The van der Waals surface area contributed by atoms with Gasteiger partial charge in [-0.1, -0.05) is 44.1 Å². The number of halogens is 1. The highest BCUT2D eigenvalue weighted by molar-refractivity contribution is 8.00. The fourth-order valence-electron chi connectivity index (χ4n) is 3.48. The molecule has 1 atom stereocenters. The van der Waals surface area contributed by atoms with E-state index in [0.29, 0.717) is 12.0 Å². The molecule has 3 nitrogen and oxygen atoms in total. The molecule has 2 aliphatic rings. The summed E-state index contributed by atoms with van der Waals surface area (Å²) in [6.07, 6.45) is 4.32. The summed E-state index contributed by atoms with van der Waals surface area (Å²) < 4.78 is 6.10. The van der Waals surface area contributed by atoms with Gasteiger partial charge < -0.3 is 4.74 Å². The third-order valence-electron chi connectivity index (χ3n) is 5.21. The lowest BCUT2D eigenvalue weighted by molar-refractivity contribution is -0.484. The third kappa shape index (κ3) is 4.28. The first-order valence-electron chi connectivity index (χ1n) is 8.65. The largest absolute Gasteiger partial charge is 0.336 e. The highest BCUT2D eigenvalue weighted by Crippen LogP contribution is 2.47. The van der Waals surface area contributed by atoms with Crippen LogP contribution in [0.1, 0.15) is 53.4 Å². The normalized spacial score (nSPS) is 34.5. The highest BCUT2D eigenvalue weighted by Gasteiger charge is 2.48. The van der Waals surface area contributed by atoms with Gasteiger partial charge in [-0.25, -0.2) is 4.89 Å². The molecule has 0 aromatic heterocycles. The van der Waals surface area contributed by atoms with Gasteiger partial charge in [-0.2, -0.15) is 4.89 Å². The molecular weight excluding hydrogens is 344 g/mol. The summed E-state index contributed by atoms with van der Waals surface area (Å²) in [6, 6.07) is 7.66. The zero-order chi connectivity index (χ0) is 17.4. The van der Waals surface area contributed by atoms with Gasteiger partial charge in [0.15, 0.2) is 0 Å². The van der Waals surface area contributed by atoms with Crippen LogP contribution in [-0.4, -0.2) is 17.3 Å². The summed E-state index contributed by atoms with van der Waals surface area (Å²) in [6.45, 7) is 9.46. The van der Waals surface area contributed by atoms with E-state index in [0.717, 1.165) is 41.5 Å². The molecule has 1 unspecified atom stereocenters. The minimum atomic E-state index is -0.819. The minimum absolute atomic E-state index is 0.276. The summed E-state index contributed by atoms with van der Waals surface area (Å²) in [5.74, 6) is 0.739. The Kier molecular flexibility index (Phi) is 5.25. The van der Waals surface area contributed by atoms with Gasteiger partial charge >= 0.3 is 0 Å². The second-order valence-corrected chi connectivity index (χ2v) is 10.1. The van der Waals surface area contributed by atoms with E-state index in [2.05, 4.69) is 20.8 Å². The lowest BCUT2D eigenvalue weighted by Gasteiger charge is -2.47. The van der Waals surface area contributed by atoms with E-state index in [1.54, 1.807) is 0 Å². The average Bonchev–Trinajstić information content (AvgIpc) is 2.53. The number of rotatable bonds is 2. The maximum absolute atomic E-state index is 6.10. The van der Waals surface area contributed by atoms with Crippen molar-refractivity contribution in [1.82, 2.24) is 0 Å². The zero-order valence-corrected chi connectivity index (χ0v) is 16.5. The lowest BCUT2D eigenvalue weighted by atomic mass is 9.68. The molecule has 3 rings (SSSR count). The molecule has 0 N–H and O–H groups in total. The van der Waals surface area contributed by atoms with Gasteiger partial charge in [0, 0.05) is 16.8 Å². The molecular formula is C19H27ClO3S. The predicted molar refractivity (Wildman–Crippen MR) is 98.0 cm³/mol. The van der Waals surface area contributed by atoms with Crippen molar-refractivity contribution in [2.75, 3.05) is 6.61 Å². The van der Waals surface area contributed by atoms with Crippen LogP contribution in [0.4, 0.5) is 0 Å². The number of benzene rings is 1. The molecule has 1 saturated carbocycles. The van der Waals surface area contributed by atoms with Crippen molar-refractivity contribution in [3.05, 3.63) is 29.3 Å². The maximum Gasteiger partial charge on any atom is 0.251 e. The second-order valence-electron chi connectivity index (χ2n) is 8.20. The molecule has 134 valence electrons. The smallest absolute Gasteiger partial charge is 0.251 e. The van der Waals surface area contributed by atoms with Crippen LogP contribution in [0.2, 0.25) is 5.02 Å². The summed E-state index contributed by atoms with van der Waals surface area (Å²) >= 11 is 7.43. The van der Waals surface area contributed by atoms with Crippen LogP contribution in [0.5, 0.6) is 0 Å². The minimum Gasteiger partial charge on any atom is -0.336 e. The van der Waals surface area contributed by atoms with Crippen LogP contribution >= 0.6 is 23.4 Å². The molecule has 1 aromatic rings. The first kappa shape index (κ1) is 18.5. The van der Waals surface area contributed by atoms with Gasteiger partial charge in [0.2, 0.25) is 0 Å². The van der Waals surface area contributed by atoms with E-state index in [1.807, 2.05) is 31.2 Å². The Hall–Kier alpha value is -0.260. The molecule has 1 aliphatic carbocycles. The van der Waals surface area contributed by atoms with Crippen molar-refractivity contribution in [2.45, 2.75) is 69.0 Å². The Bertz CT molecular complexity index is 549. The molecule has 1 aliphatic heterocycles. The predicted octanol–water partition coefficient (Wildman–Crippen LogP) is 6.06. The van der Waals surface area contributed by atoms with Gasteiger partial charge in [0.05, 0.1) is 6.61 Å². The number of hydrogen-bond acceptors (Lipinski definition) is 4. The Balaban J connectivity index is 1.56. The molecule has 1 spiro atoms. The van der Waals surface area contributed by atoms with Crippen molar-refractivity contribution >= 4 is 23.4 Å². The van der Waals surface area contributed by atoms with Crippen molar-refractivity contribution in [2.24, 2.45) is 11.3 Å². The van der Waals surface area contributed by atoms with Gasteiger partial charge in [0.25, 0.3) is 5.12 Å². The first-order valence-corrected chi connectivity index (χ1v) is 9.85. The first-order chi connectivity index (χ1) is 11.2. The van der Waals surface area contributed by atoms with E-state index >= 15 is 0 Å². The molecule has 1 aromatic carbocycles. The SMILES string of the molecule is CC1(Sc2ccc(Cl)cc2)OCC2(CCC(C(C)(C)C)CC2)OO1. The van der Waals surface area contributed by atoms with Crippen molar-refractivity contribution in [1.29, 1.82) is 0 Å². The van der Waals surface area contributed by atoms with Crippen LogP contribution in [0.15, 0.2) is 29.2 Å². The van der Waals surface area contributed by atoms with E-state index in [1.165, 1.54) is 11.8 Å². The van der Waals surface area contributed by atoms with E-state index in [9.17, 15) is 0 Å². The highest BCUT2D eigenvalue weighted by atomic mass is 35.5. The van der Waals surface area contributed by atoms with E-state index in [4.69, 9.17) is 26.1 Å². The fraction of sp³-hybridized carbons (Fsp3) is 0.684. The van der Waals surface area contributed by atoms with Gasteiger partial charge in [-0.05, 0) is 61.3 Å². The summed E-state index contributed by atoms with van der Waals surface area (Å²) in [5.41, 5.74) is 0.0821. The van der Waals surface area contributed by atoms with Crippen molar-refractivity contribution in [3.63, 3.8) is 0 Å². The molecule has 0 radical (unpaired) electrons. The second kappa shape index (κ2) is 6.81. The quantitative estimate of drug-likeness (QED) is 0.591. The maximum atomic E-state index is 6.10. The van der Waals surface area contributed by atoms with Crippen LogP contribution in [0.25, 0.3) is 0 Å². The molecule has 1 saturated heterocycles. The van der Waals surface area contributed by atoms with Gasteiger partial charge in [-0.15, -0.1) is 0 Å². The summed E-state index contributed by atoms with van der Waals surface area (Å²) in [4.78, 5) is 12.7. The molecule has 0 amide bonds. The van der Waals surface area contributed by atoms with Gasteiger partial charge in [0.1, 0.15) is 5.60 Å². The monoisotopic (exact) mass is 370 g/mol. The summed E-state index contributed by atoms with van der Waals surface area (Å²) in [7, 11) is 0.